The molecular weight excluding hydrogens is 272 g/mol. The minimum atomic E-state index is -0.247. The Morgan fingerprint density at radius 1 is 1.30 bits per heavy atom. The third kappa shape index (κ3) is 2.57. The molecule has 112 valence electrons. The summed E-state index contributed by atoms with van der Waals surface area (Å²) in [7, 11) is 0. The lowest BCUT2D eigenvalue weighted by molar-refractivity contribution is -0.138. The predicted molar refractivity (Wildman–Crippen MR) is 80.4 cm³/mol. The smallest absolute Gasteiger partial charge is 0.243 e. The van der Waals surface area contributed by atoms with Crippen LogP contribution in [-0.4, -0.2) is 39.4 Å². The molecule has 0 aromatic carbocycles. The fourth-order valence-electron chi connectivity index (χ4n) is 3.74. The van der Waals surface area contributed by atoms with Crippen LogP contribution in [0.15, 0.2) is 0 Å². The molecule has 2 amide bonds. The minimum absolute atomic E-state index is 0.0726. The third-order valence-electron chi connectivity index (χ3n) is 4.95. The van der Waals surface area contributed by atoms with Gasteiger partial charge in [0.15, 0.2) is 0 Å². The highest BCUT2D eigenvalue weighted by Gasteiger charge is 2.52. The summed E-state index contributed by atoms with van der Waals surface area (Å²) in [5, 5.41) is 3.21. The van der Waals surface area contributed by atoms with E-state index in [1.165, 1.54) is 25.7 Å². The second-order valence-electron chi connectivity index (χ2n) is 6.46. The number of nitrogens with one attached hydrogen (secondary N) is 1. The number of fused-ring (bicyclic) bond motifs is 1. The van der Waals surface area contributed by atoms with Crippen LogP contribution in [0.2, 0.25) is 0 Å². The zero-order chi connectivity index (χ0) is 14.2. The number of nitrogens with zero attached hydrogens (tertiary/aromatic N) is 1. The van der Waals surface area contributed by atoms with E-state index in [0.29, 0.717) is 12.5 Å². The van der Waals surface area contributed by atoms with Crippen molar-refractivity contribution in [1.29, 1.82) is 0 Å². The van der Waals surface area contributed by atoms with Crippen molar-refractivity contribution in [2.45, 2.75) is 75.2 Å². The zero-order valence-electron chi connectivity index (χ0n) is 12.2. The van der Waals surface area contributed by atoms with Crippen LogP contribution in [0.25, 0.3) is 0 Å². The van der Waals surface area contributed by atoms with E-state index in [-0.39, 0.29) is 22.7 Å². The summed E-state index contributed by atoms with van der Waals surface area (Å²) in [6.45, 7) is 2.10. The lowest BCUT2D eigenvalue weighted by atomic mass is 10.1. The maximum absolute atomic E-state index is 12.5. The van der Waals surface area contributed by atoms with Crippen molar-refractivity contribution >= 4 is 23.6 Å². The predicted octanol–water partition coefficient (Wildman–Crippen LogP) is 2.28. The van der Waals surface area contributed by atoms with Crippen molar-refractivity contribution in [3.63, 3.8) is 0 Å². The molecule has 2 aliphatic heterocycles. The van der Waals surface area contributed by atoms with Crippen LogP contribution in [0, 0.1) is 0 Å². The molecule has 3 fully saturated rings. The molecule has 0 unspecified atom stereocenters. The lowest BCUT2D eigenvalue weighted by Gasteiger charge is -2.30. The maximum Gasteiger partial charge on any atom is 0.243 e. The van der Waals surface area contributed by atoms with E-state index in [1.54, 1.807) is 11.8 Å². The van der Waals surface area contributed by atoms with Crippen LogP contribution in [0.1, 0.15) is 58.3 Å². The van der Waals surface area contributed by atoms with Crippen LogP contribution < -0.4 is 5.32 Å². The fraction of sp³-hybridized carbons (Fsp3) is 0.867. The van der Waals surface area contributed by atoms with Crippen molar-refractivity contribution in [3.05, 3.63) is 0 Å². The van der Waals surface area contributed by atoms with Gasteiger partial charge in [0.1, 0.15) is 6.04 Å². The highest BCUT2D eigenvalue weighted by Crippen LogP contribution is 2.47. The Morgan fingerprint density at radius 2 is 2.00 bits per heavy atom. The van der Waals surface area contributed by atoms with E-state index in [0.717, 1.165) is 25.0 Å². The van der Waals surface area contributed by atoms with Gasteiger partial charge in [-0.15, -0.1) is 11.8 Å². The number of carbonyl (C=O) groups excluding carboxylic acids is 2. The first-order valence-corrected chi connectivity index (χ1v) is 8.85. The summed E-state index contributed by atoms with van der Waals surface area (Å²) in [6, 6.07) is 0.0721. The molecular formula is C15H24N2O2S. The summed E-state index contributed by atoms with van der Waals surface area (Å²) in [5.41, 5.74) is 0. The summed E-state index contributed by atoms with van der Waals surface area (Å²) < 4.78 is 0. The first kappa shape index (κ1) is 14.2. The van der Waals surface area contributed by atoms with Crippen LogP contribution in [0.5, 0.6) is 0 Å². The quantitative estimate of drug-likeness (QED) is 0.795. The Labute approximate surface area is 125 Å². The molecule has 1 saturated carbocycles. The summed E-state index contributed by atoms with van der Waals surface area (Å²) >= 11 is 1.77. The minimum Gasteiger partial charge on any atom is -0.352 e. The summed E-state index contributed by atoms with van der Waals surface area (Å²) in [4.78, 5) is 26.3. The molecule has 0 aromatic rings. The standard InChI is InChI=1S/C15H24N2O2S/c1-15-9-8-13(18)17(15)12(10-20-15)14(19)16-11-6-4-2-3-5-7-11/h11-12H,2-10H2,1H3,(H,16,19)/t12-,15-/m1/s1. The first-order valence-electron chi connectivity index (χ1n) is 7.87. The molecule has 5 heteroatoms. The van der Waals surface area contributed by atoms with Gasteiger partial charge in [-0.05, 0) is 26.2 Å². The van der Waals surface area contributed by atoms with E-state index >= 15 is 0 Å². The molecule has 1 N–H and O–H groups in total. The van der Waals surface area contributed by atoms with Crippen molar-refractivity contribution in [2.24, 2.45) is 0 Å². The number of hydrogen-bond acceptors (Lipinski definition) is 3. The van der Waals surface area contributed by atoms with Gasteiger partial charge in [0.25, 0.3) is 0 Å². The van der Waals surface area contributed by atoms with E-state index in [9.17, 15) is 9.59 Å². The van der Waals surface area contributed by atoms with Gasteiger partial charge in [-0.1, -0.05) is 25.7 Å². The first-order chi connectivity index (χ1) is 9.60. The number of rotatable bonds is 2. The van der Waals surface area contributed by atoms with Crippen LogP contribution in [0.3, 0.4) is 0 Å². The van der Waals surface area contributed by atoms with Crippen molar-refractivity contribution in [3.8, 4) is 0 Å². The van der Waals surface area contributed by atoms with Gasteiger partial charge in [-0.2, -0.15) is 0 Å². The SMILES string of the molecule is C[C@@]12CCC(=O)N1[C@@H](C(=O)NC1CCCCCC1)CS2. The van der Waals surface area contributed by atoms with Gasteiger partial charge < -0.3 is 10.2 Å². The molecule has 0 bridgehead atoms. The maximum atomic E-state index is 12.5. The number of carbonyl (C=O) groups is 2. The molecule has 2 atom stereocenters. The van der Waals surface area contributed by atoms with Gasteiger partial charge in [0.05, 0.1) is 4.87 Å². The van der Waals surface area contributed by atoms with E-state index < -0.39 is 0 Å². The van der Waals surface area contributed by atoms with Crippen LogP contribution >= 0.6 is 11.8 Å². The van der Waals surface area contributed by atoms with E-state index in [4.69, 9.17) is 0 Å². The zero-order valence-corrected chi connectivity index (χ0v) is 13.0. The Bertz CT molecular complexity index is 407. The van der Waals surface area contributed by atoms with E-state index in [1.807, 2.05) is 4.90 Å². The molecule has 2 saturated heterocycles. The lowest BCUT2D eigenvalue weighted by Crippen LogP contribution is -2.52. The molecule has 0 radical (unpaired) electrons. The third-order valence-corrected chi connectivity index (χ3v) is 6.45. The van der Waals surface area contributed by atoms with Crippen LogP contribution in [-0.2, 0) is 9.59 Å². The highest BCUT2D eigenvalue weighted by atomic mass is 32.2. The van der Waals surface area contributed by atoms with Gasteiger partial charge in [-0.25, -0.2) is 0 Å². The topological polar surface area (TPSA) is 49.4 Å². The molecule has 20 heavy (non-hydrogen) atoms. The number of hydrogen-bond donors (Lipinski definition) is 1. The summed E-state index contributed by atoms with van der Waals surface area (Å²) in [5.74, 6) is 0.975. The molecule has 3 aliphatic rings. The average Bonchev–Trinajstić information content (AvgIpc) is 2.77. The van der Waals surface area contributed by atoms with Crippen molar-refractivity contribution in [2.75, 3.05) is 5.75 Å². The van der Waals surface area contributed by atoms with Crippen LogP contribution in [0.4, 0.5) is 0 Å². The second kappa shape index (κ2) is 5.58. The molecule has 0 spiro atoms. The molecule has 0 aromatic heterocycles. The molecule has 3 rings (SSSR count). The van der Waals surface area contributed by atoms with E-state index in [2.05, 4.69) is 12.2 Å². The monoisotopic (exact) mass is 296 g/mol. The number of thioether (sulfide) groups is 1. The van der Waals surface area contributed by atoms with Crippen molar-refractivity contribution < 1.29 is 9.59 Å². The Hall–Kier alpha value is -0.710. The number of amides is 2. The van der Waals surface area contributed by atoms with Gasteiger partial charge >= 0.3 is 0 Å². The Morgan fingerprint density at radius 3 is 2.70 bits per heavy atom. The average molecular weight is 296 g/mol. The molecule has 1 aliphatic carbocycles. The highest BCUT2D eigenvalue weighted by molar-refractivity contribution is 8.01. The van der Waals surface area contributed by atoms with Crippen molar-refractivity contribution in [1.82, 2.24) is 10.2 Å². The molecule has 4 nitrogen and oxygen atoms in total. The normalized spacial score (nSPS) is 35.0. The largest absolute Gasteiger partial charge is 0.352 e. The molecule has 2 heterocycles. The second-order valence-corrected chi connectivity index (χ2v) is 7.96. The van der Waals surface area contributed by atoms with Gasteiger partial charge in [0, 0.05) is 18.2 Å². The Kier molecular flexibility index (Phi) is 3.98. The fourth-order valence-corrected chi connectivity index (χ4v) is 5.17. The van der Waals surface area contributed by atoms with Gasteiger partial charge in [-0.3, -0.25) is 9.59 Å². The summed E-state index contributed by atoms with van der Waals surface area (Å²) in [6.07, 6.45) is 8.66. The Balaban J connectivity index is 1.64. The van der Waals surface area contributed by atoms with Gasteiger partial charge in [0.2, 0.25) is 11.8 Å².